The first-order valence-electron chi connectivity index (χ1n) is 13.8. The SMILES string of the molecule is C=CC(=O)N1CCC2(CC1)CN(c1ncc3ncnc(Nc4ccc(Oc5ccc(NC)c(N=N)c5)c(C)c4)c3n1)C2. The van der Waals surface area contributed by atoms with E-state index in [1.165, 1.54) is 12.4 Å². The minimum atomic E-state index is 0.00551. The third-order valence-electron chi connectivity index (χ3n) is 8.03. The molecule has 0 bridgehead atoms. The van der Waals surface area contributed by atoms with Gasteiger partial charge in [-0.1, -0.05) is 6.58 Å². The molecule has 0 unspecified atom stereocenters. The fourth-order valence-electron chi connectivity index (χ4n) is 5.62. The Hall–Kier alpha value is -5.13. The normalized spacial score (nSPS) is 15.7. The summed E-state index contributed by atoms with van der Waals surface area (Å²) in [5.41, 5.74) is 11.9. The zero-order chi connectivity index (χ0) is 29.3. The second-order valence-corrected chi connectivity index (χ2v) is 10.8. The van der Waals surface area contributed by atoms with Gasteiger partial charge in [0.05, 0.1) is 11.9 Å². The molecule has 2 fully saturated rings. The van der Waals surface area contributed by atoms with Crippen molar-refractivity contribution in [1.29, 1.82) is 5.53 Å². The van der Waals surface area contributed by atoms with Gasteiger partial charge in [-0.3, -0.25) is 4.79 Å². The fourth-order valence-corrected chi connectivity index (χ4v) is 5.62. The molecule has 1 spiro atoms. The first-order chi connectivity index (χ1) is 20.4. The highest BCUT2D eigenvalue weighted by Crippen LogP contribution is 2.42. The number of benzene rings is 2. The minimum Gasteiger partial charge on any atom is -0.457 e. The van der Waals surface area contributed by atoms with Crippen LogP contribution in [0, 0.1) is 17.9 Å². The number of hydrogen-bond donors (Lipinski definition) is 3. The van der Waals surface area contributed by atoms with Gasteiger partial charge in [0.2, 0.25) is 11.9 Å². The Kier molecular flexibility index (Phi) is 7.11. The minimum absolute atomic E-state index is 0.00551. The Balaban J connectivity index is 1.16. The number of piperidine rings is 1. The number of anilines is 4. The molecule has 0 saturated carbocycles. The molecule has 3 N–H and O–H groups in total. The standard InChI is InChI=1S/C30H32N10O2/c1-4-26(41)39-11-9-30(10-12-39)16-40(17-30)29-33-15-24-27(37-29)28(35-18-34-24)36-20-5-8-25(19(2)13-20)42-21-6-7-22(32-3)23(14-21)38-31/h4-8,13-15,18,31-32H,1,9-12,16-17H2,2-3H3,(H,34,35,36). The van der Waals surface area contributed by atoms with Gasteiger partial charge in [0.15, 0.2) is 5.82 Å². The number of carbonyl (C=O) groups is 1. The Bertz CT molecular complexity index is 1670. The highest BCUT2D eigenvalue weighted by atomic mass is 16.5. The number of likely N-dealkylation sites (tertiary alicyclic amines) is 1. The molecule has 1 amide bonds. The molecule has 12 heteroatoms. The van der Waals surface area contributed by atoms with Crippen LogP contribution in [-0.2, 0) is 4.79 Å². The van der Waals surface area contributed by atoms with Crippen molar-refractivity contribution in [3.05, 3.63) is 67.1 Å². The van der Waals surface area contributed by atoms with Crippen LogP contribution in [0.4, 0.5) is 28.8 Å². The first-order valence-corrected chi connectivity index (χ1v) is 13.8. The quantitative estimate of drug-likeness (QED) is 0.184. The third kappa shape index (κ3) is 5.18. The maximum Gasteiger partial charge on any atom is 0.245 e. The lowest BCUT2D eigenvalue weighted by atomic mass is 9.72. The van der Waals surface area contributed by atoms with Gasteiger partial charge < -0.3 is 25.2 Å². The number of fused-ring (bicyclic) bond motifs is 1. The van der Waals surface area contributed by atoms with Crippen LogP contribution in [-0.4, -0.2) is 64.0 Å². The van der Waals surface area contributed by atoms with Crippen molar-refractivity contribution < 1.29 is 9.53 Å². The van der Waals surface area contributed by atoms with Gasteiger partial charge in [0, 0.05) is 50.4 Å². The van der Waals surface area contributed by atoms with Crippen molar-refractivity contribution >= 4 is 45.8 Å². The summed E-state index contributed by atoms with van der Waals surface area (Å²) in [5, 5.41) is 9.97. The molecule has 4 aromatic rings. The monoisotopic (exact) mass is 564 g/mol. The average Bonchev–Trinajstić information content (AvgIpc) is 3.00. The highest BCUT2D eigenvalue weighted by molar-refractivity contribution is 5.88. The summed E-state index contributed by atoms with van der Waals surface area (Å²) in [5.74, 6) is 2.53. The van der Waals surface area contributed by atoms with Crippen molar-refractivity contribution in [1.82, 2.24) is 24.8 Å². The summed E-state index contributed by atoms with van der Waals surface area (Å²) in [6, 6.07) is 11.2. The van der Waals surface area contributed by atoms with Crippen LogP contribution in [0.5, 0.6) is 11.5 Å². The topological polar surface area (TPSA) is 145 Å². The summed E-state index contributed by atoms with van der Waals surface area (Å²) in [4.78, 5) is 34.3. The molecule has 2 aliphatic heterocycles. The van der Waals surface area contributed by atoms with E-state index in [1.807, 2.05) is 42.2 Å². The number of nitrogens with one attached hydrogen (secondary N) is 3. The molecule has 0 atom stereocenters. The van der Waals surface area contributed by atoms with E-state index < -0.39 is 0 Å². The smallest absolute Gasteiger partial charge is 0.245 e. The maximum atomic E-state index is 12.0. The van der Waals surface area contributed by atoms with Gasteiger partial charge in [0.1, 0.15) is 34.5 Å². The van der Waals surface area contributed by atoms with Crippen molar-refractivity contribution in [2.45, 2.75) is 19.8 Å². The molecule has 42 heavy (non-hydrogen) atoms. The van der Waals surface area contributed by atoms with Crippen molar-refractivity contribution in [2.75, 3.05) is 48.8 Å². The van der Waals surface area contributed by atoms with Crippen LogP contribution in [0.25, 0.3) is 11.0 Å². The van der Waals surface area contributed by atoms with Gasteiger partial charge >= 0.3 is 0 Å². The average molecular weight is 565 g/mol. The summed E-state index contributed by atoms with van der Waals surface area (Å²) >= 11 is 0. The Labute approximate surface area is 243 Å². The summed E-state index contributed by atoms with van der Waals surface area (Å²) in [6.45, 7) is 8.81. The van der Waals surface area contributed by atoms with E-state index in [0.717, 1.165) is 56.0 Å². The van der Waals surface area contributed by atoms with E-state index in [1.54, 1.807) is 19.3 Å². The number of hydrogen-bond acceptors (Lipinski definition) is 11. The lowest BCUT2D eigenvalue weighted by Crippen LogP contribution is -2.61. The molecule has 2 aromatic carbocycles. The van der Waals surface area contributed by atoms with Crippen LogP contribution in [0.15, 0.2) is 66.7 Å². The maximum absolute atomic E-state index is 12.0. The second-order valence-electron chi connectivity index (χ2n) is 10.8. The summed E-state index contributed by atoms with van der Waals surface area (Å²) < 4.78 is 6.08. The molecule has 12 nitrogen and oxygen atoms in total. The van der Waals surface area contributed by atoms with E-state index in [-0.39, 0.29) is 11.3 Å². The van der Waals surface area contributed by atoms with Gasteiger partial charge in [-0.2, -0.15) is 5.11 Å². The molecule has 0 radical (unpaired) electrons. The lowest BCUT2D eigenvalue weighted by molar-refractivity contribution is -0.128. The van der Waals surface area contributed by atoms with E-state index in [0.29, 0.717) is 40.0 Å². The largest absolute Gasteiger partial charge is 0.457 e. The van der Waals surface area contributed by atoms with Gasteiger partial charge in [0.25, 0.3) is 0 Å². The number of carbonyl (C=O) groups excluding carboxylic acids is 1. The fraction of sp³-hybridized carbons (Fsp3) is 0.300. The predicted octanol–water partition coefficient (Wildman–Crippen LogP) is 5.58. The number of rotatable bonds is 8. The summed E-state index contributed by atoms with van der Waals surface area (Å²) in [7, 11) is 1.79. The van der Waals surface area contributed by atoms with Crippen LogP contribution in [0.1, 0.15) is 18.4 Å². The number of aromatic nitrogens is 4. The summed E-state index contributed by atoms with van der Waals surface area (Å²) in [6.07, 6.45) is 6.56. The Morgan fingerprint density at radius 1 is 1.14 bits per heavy atom. The number of amides is 1. The van der Waals surface area contributed by atoms with E-state index in [4.69, 9.17) is 15.3 Å². The molecule has 0 aliphatic carbocycles. The van der Waals surface area contributed by atoms with Crippen molar-refractivity contribution in [3.63, 3.8) is 0 Å². The van der Waals surface area contributed by atoms with Crippen molar-refractivity contribution in [2.24, 2.45) is 10.5 Å². The zero-order valence-corrected chi connectivity index (χ0v) is 23.6. The number of aryl methyl sites for hydroxylation is 1. The Morgan fingerprint density at radius 3 is 2.67 bits per heavy atom. The van der Waals surface area contributed by atoms with Gasteiger partial charge in [-0.25, -0.2) is 25.5 Å². The molecule has 2 aromatic heterocycles. The molecular weight excluding hydrogens is 532 g/mol. The van der Waals surface area contributed by atoms with Crippen LogP contribution >= 0.6 is 0 Å². The van der Waals surface area contributed by atoms with Gasteiger partial charge in [-0.15, -0.1) is 0 Å². The van der Waals surface area contributed by atoms with Crippen LogP contribution in [0.3, 0.4) is 0 Å². The molecular formula is C30H32N10O2. The number of ether oxygens (including phenoxy) is 1. The van der Waals surface area contributed by atoms with E-state index in [2.05, 4.69) is 42.2 Å². The van der Waals surface area contributed by atoms with E-state index in [9.17, 15) is 4.79 Å². The van der Waals surface area contributed by atoms with Crippen LogP contribution < -0.4 is 20.3 Å². The highest BCUT2D eigenvalue weighted by Gasteiger charge is 2.46. The lowest BCUT2D eigenvalue weighted by Gasteiger charge is -2.53. The third-order valence-corrected chi connectivity index (χ3v) is 8.03. The zero-order valence-electron chi connectivity index (χ0n) is 23.6. The van der Waals surface area contributed by atoms with Crippen molar-refractivity contribution in [3.8, 4) is 11.5 Å². The molecule has 2 saturated heterocycles. The van der Waals surface area contributed by atoms with Gasteiger partial charge in [-0.05, 0) is 61.7 Å². The molecule has 214 valence electrons. The first kappa shape index (κ1) is 27.1. The molecule has 2 aliphatic rings. The van der Waals surface area contributed by atoms with Crippen LogP contribution in [0.2, 0.25) is 0 Å². The van der Waals surface area contributed by atoms with E-state index >= 15 is 0 Å². The predicted molar refractivity (Wildman–Crippen MR) is 161 cm³/mol. The second kappa shape index (κ2) is 11.0. The Morgan fingerprint density at radius 2 is 1.95 bits per heavy atom. The number of nitrogens with zero attached hydrogens (tertiary/aromatic N) is 7. The molecule has 4 heterocycles. The molecule has 6 rings (SSSR count).